The lowest BCUT2D eigenvalue weighted by Crippen LogP contribution is -2.15. The maximum absolute atomic E-state index is 2.54. The quantitative estimate of drug-likeness (QED) is 0.153. The molecule has 73 heavy (non-hydrogen) atoms. The number of nitrogens with zero attached hydrogens (tertiary/aromatic N) is 2. The maximum Gasteiger partial charge on any atom is 0.0540 e. The van der Waals surface area contributed by atoms with E-state index >= 15 is 0 Å². The molecule has 0 amide bonds. The van der Waals surface area contributed by atoms with Gasteiger partial charge in [-0.25, -0.2) is 0 Å². The number of para-hydroxylation sites is 2. The van der Waals surface area contributed by atoms with Gasteiger partial charge in [0.05, 0.1) is 11.4 Å². The molecule has 342 valence electrons. The van der Waals surface area contributed by atoms with Gasteiger partial charge in [-0.1, -0.05) is 184 Å². The first kappa shape index (κ1) is 41.5. The van der Waals surface area contributed by atoms with Crippen LogP contribution in [0.15, 0.2) is 255 Å². The van der Waals surface area contributed by atoms with E-state index in [1.54, 1.807) is 0 Å². The zero-order valence-electron chi connectivity index (χ0n) is 40.6. The minimum absolute atomic E-state index is 0.250. The molecule has 0 bridgehead atoms. The van der Waals surface area contributed by atoms with Crippen molar-refractivity contribution in [2.45, 2.75) is 19.3 Å². The third kappa shape index (κ3) is 6.24. The van der Waals surface area contributed by atoms with Crippen molar-refractivity contribution in [1.82, 2.24) is 0 Å². The molecule has 0 radical (unpaired) electrons. The average molecular weight is 929 g/mol. The SMILES string of the molecule is CC1(C)c2cc3c4ccc(N(c5ccccc5)c5cccc6ccccc56)cc4c4ccccc4c3cc2-c2cc3c4ccccc4c4cc(N(c5ccccc5)c5cccc6ccccc56)ccc4c3cc21. The van der Waals surface area contributed by atoms with Crippen LogP contribution in [0.2, 0.25) is 0 Å². The average Bonchev–Trinajstić information content (AvgIpc) is 3.67. The lowest BCUT2D eigenvalue weighted by Gasteiger charge is -2.27. The van der Waals surface area contributed by atoms with Gasteiger partial charge in [-0.2, -0.15) is 0 Å². The molecule has 0 atom stereocenters. The molecule has 0 unspecified atom stereocenters. The number of anilines is 6. The minimum Gasteiger partial charge on any atom is -0.310 e. The van der Waals surface area contributed by atoms with Gasteiger partial charge in [0.15, 0.2) is 0 Å². The van der Waals surface area contributed by atoms with Gasteiger partial charge in [0.1, 0.15) is 0 Å². The Kier molecular flexibility index (Phi) is 9.04. The van der Waals surface area contributed by atoms with Crippen LogP contribution in [-0.2, 0) is 5.41 Å². The molecule has 0 aliphatic heterocycles. The highest BCUT2D eigenvalue weighted by Crippen LogP contribution is 2.54. The van der Waals surface area contributed by atoms with Crippen molar-refractivity contribution in [2.24, 2.45) is 0 Å². The molecule has 14 aromatic carbocycles. The Balaban J connectivity index is 0.928. The van der Waals surface area contributed by atoms with Crippen molar-refractivity contribution in [3.8, 4) is 11.1 Å². The van der Waals surface area contributed by atoms with E-state index in [0.29, 0.717) is 0 Å². The van der Waals surface area contributed by atoms with Crippen LogP contribution in [0.4, 0.5) is 34.1 Å². The molecule has 0 saturated heterocycles. The smallest absolute Gasteiger partial charge is 0.0540 e. The van der Waals surface area contributed by atoms with Gasteiger partial charge < -0.3 is 9.80 Å². The van der Waals surface area contributed by atoms with Crippen molar-refractivity contribution in [3.63, 3.8) is 0 Å². The van der Waals surface area contributed by atoms with Gasteiger partial charge in [-0.05, 0) is 183 Å². The predicted molar refractivity (Wildman–Crippen MR) is 313 cm³/mol. The predicted octanol–water partition coefficient (Wildman–Crippen LogP) is 20.2. The molecule has 0 saturated carbocycles. The Labute approximate surface area is 424 Å². The fourth-order valence-corrected chi connectivity index (χ4v) is 12.7. The molecular weight excluding hydrogens is 881 g/mol. The van der Waals surface area contributed by atoms with E-state index in [1.807, 2.05) is 0 Å². The Morgan fingerprint density at radius 1 is 0.233 bits per heavy atom. The maximum atomic E-state index is 2.54. The van der Waals surface area contributed by atoms with Crippen LogP contribution >= 0.6 is 0 Å². The van der Waals surface area contributed by atoms with Gasteiger partial charge in [0, 0.05) is 38.9 Å². The van der Waals surface area contributed by atoms with Crippen LogP contribution in [0, 0.1) is 0 Å². The third-order valence-electron chi connectivity index (χ3n) is 16.1. The number of rotatable bonds is 6. The largest absolute Gasteiger partial charge is 0.310 e. The summed E-state index contributed by atoms with van der Waals surface area (Å²) in [4.78, 5) is 4.85. The molecule has 14 aromatic rings. The summed E-state index contributed by atoms with van der Waals surface area (Å²) in [5.41, 5.74) is 12.0. The summed E-state index contributed by atoms with van der Waals surface area (Å²) in [6.45, 7) is 4.86. The van der Waals surface area contributed by atoms with Crippen molar-refractivity contribution >= 4 is 120 Å². The van der Waals surface area contributed by atoms with Crippen LogP contribution in [0.5, 0.6) is 0 Å². The third-order valence-corrected chi connectivity index (χ3v) is 16.1. The molecule has 2 heteroatoms. The molecule has 1 aliphatic carbocycles. The highest BCUT2D eigenvalue weighted by molar-refractivity contribution is 6.29. The fraction of sp³-hybridized carbons (Fsp3) is 0.0423. The van der Waals surface area contributed by atoms with E-state index in [1.165, 1.54) is 108 Å². The highest BCUT2D eigenvalue weighted by Gasteiger charge is 2.37. The van der Waals surface area contributed by atoms with Gasteiger partial charge in [0.2, 0.25) is 0 Å². The van der Waals surface area contributed by atoms with Crippen LogP contribution in [0.1, 0.15) is 25.0 Å². The van der Waals surface area contributed by atoms with Crippen molar-refractivity contribution in [1.29, 1.82) is 0 Å². The molecular formula is C71H48N2. The summed E-state index contributed by atoms with van der Waals surface area (Å²) in [5, 5.41) is 20.2. The Morgan fingerprint density at radius 2 is 0.548 bits per heavy atom. The van der Waals surface area contributed by atoms with Gasteiger partial charge in [0.25, 0.3) is 0 Å². The number of benzene rings is 14. The molecule has 0 N–H and O–H groups in total. The van der Waals surface area contributed by atoms with Crippen molar-refractivity contribution < 1.29 is 0 Å². The number of hydrogen-bond acceptors (Lipinski definition) is 2. The van der Waals surface area contributed by atoms with Crippen molar-refractivity contribution in [2.75, 3.05) is 9.80 Å². The van der Waals surface area contributed by atoms with Crippen LogP contribution in [0.3, 0.4) is 0 Å². The van der Waals surface area contributed by atoms with Gasteiger partial charge in [-0.15, -0.1) is 0 Å². The Bertz CT molecular complexity index is 4290. The van der Waals surface area contributed by atoms with Gasteiger partial charge in [-0.3, -0.25) is 0 Å². The number of hydrogen-bond donors (Lipinski definition) is 0. The van der Waals surface area contributed by atoms with Gasteiger partial charge >= 0.3 is 0 Å². The number of fused-ring (bicyclic) bond motifs is 17. The molecule has 2 nitrogen and oxygen atoms in total. The zero-order chi connectivity index (χ0) is 48.4. The molecule has 0 fully saturated rings. The van der Waals surface area contributed by atoms with Crippen LogP contribution in [-0.4, -0.2) is 0 Å². The first-order valence-corrected chi connectivity index (χ1v) is 25.5. The summed E-state index contributed by atoms with van der Waals surface area (Å²) in [6.07, 6.45) is 0. The van der Waals surface area contributed by atoms with E-state index in [2.05, 4.69) is 278 Å². The van der Waals surface area contributed by atoms with Crippen molar-refractivity contribution in [3.05, 3.63) is 266 Å². The monoisotopic (exact) mass is 928 g/mol. The van der Waals surface area contributed by atoms with E-state index in [9.17, 15) is 0 Å². The van der Waals surface area contributed by atoms with E-state index in [-0.39, 0.29) is 5.41 Å². The molecule has 15 rings (SSSR count). The minimum atomic E-state index is -0.250. The van der Waals surface area contributed by atoms with E-state index in [4.69, 9.17) is 0 Å². The summed E-state index contributed by atoms with van der Waals surface area (Å²) in [7, 11) is 0. The first-order chi connectivity index (χ1) is 36.0. The topological polar surface area (TPSA) is 6.48 Å². The fourth-order valence-electron chi connectivity index (χ4n) is 12.7. The zero-order valence-corrected chi connectivity index (χ0v) is 40.6. The normalized spacial score (nSPS) is 12.9. The van der Waals surface area contributed by atoms with Crippen LogP contribution < -0.4 is 9.80 Å². The Hall–Kier alpha value is -9.24. The highest BCUT2D eigenvalue weighted by atomic mass is 15.1. The van der Waals surface area contributed by atoms with E-state index in [0.717, 1.165) is 34.1 Å². The second-order valence-electron chi connectivity index (χ2n) is 20.4. The second-order valence-corrected chi connectivity index (χ2v) is 20.4. The lowest BCUT2D eigenvalue weighted by molar-refractivity contribution is 0.662. The summed E-state index contributed by atoms with van der Waals surface area (Å²) < 4.78 is 0. The van der Waals surface area contributed by atoms with E-state index < -0.39 is 0 Å². The summed E-state index contributed by atoms with van der Waals surface area (Å²) in [6, 6.07) is 94.7. The Morgan fingerprint density at radius 3 is 0.959 bits per heavy atom. The standard InChI is InChI=1S/C71H48N2/c1-71(2)67-43-63-57-37-35-49(72(47-23-5-3-6-24-47)69-33-17-21-45-19-9-11-27-51(45)69)39-59(57)53-29-13-15-31-55(53)61(63)41-65(67)66-42-62-56-32-16-14-30-54(56)60-40-50(36-38-58(60)64(62)44-68(66)71)73(48-25-7-4-8-26-48)70-34-18-22-46-20-10-12-28-52(46)70/h3-44H,1-2H3. The first-order valence-electron chi connectivity index (χ1n) is 25.5. The summed E-state index contributed by atoms with van der Waals surface area (Å²) in [5.74, 6) is 0. The molecule has 1 aliphatic rings. The van der Waals surface area contributed by atoms with Crippen LogP contribution in [0.25, 0.3) is 97.3 Å². The molecule has 0 heterocycles. The molecule has 0 aromatic heterocycles. The second kappa shape index (κ2) is 15.9. The summed E-state index contributed by atoms with van der Waals surface area (Å²) >= 11 is 0. The lowest BCUT2D eigenvalue weighted by atomic mass is 9.80. The molecule has 0 spiro atoms.